The molecule has 5 rings (SSSR count). The average molecular weight is 493 g/mol. The number of fused-ring (bicyclic) bond motifs is 1. The molecule has 8 heteroatoms. The van der Waals surface area contributed by atoms with Crippen molar-refractivity contribution in [3.63, 3.8) is 0 Å². The third kappa shape index (κ3) is 4.69. The van der Waals surface area contributed by atoms with Crippen molar-refractivity contribution < 1.29 is 28.6 Å². The van der Waals surface area contributed by atoms with Crippen LogP contribution in [0.4, 0.5) is 0 Å². The van der Waals surface area contributed by atoms with Crippen LogP contribution in [-0.4, -0.2) is 60.1 Å². The SMILES string of the molecule is CCCN(C[C@@H]1CCCO1)C(=O)C[C@@]1(c2ccccc2)CC(=O)N(Cc2ccc3c(c2)OCO3)C1=O. The van der Waals surface area contributed by atoms with Crippen molar-refractivity contribution >= 4 is 17.7 Å². The van der Waals surface area contributed by atoms with Crippen molar-refractivity contribution in [1.29, 1.82) is 0 Å². The van der Waals surface area contributed by atoms with E-state index in [1.165, 1.54) is 4.90 Å². The van der Waals surface area contributed by atoms with Crippen LogP contribution < -0.4 is 9.47 Å². The number of imide groups is 1. The summed E-state index contributed by atoms with van der Waals surface area (Å²) in [6.45, 7) is 4.12. The van der Waals surface area contributed by atoms with Crippen molar-refractivity contribution in [3.05, 3.63) is 59.7 Å². The van der Waals surface area contributed by atoms with Crippen LogP contribution in [0.2, 0.25) is 0 Å². The molecule has 0 bridgehead atoms. The molecule has 2 atom stereocenters. The van der Waals surface area contributed by atoms with Crippen molar-refractivity contribution in [1.82, 2.24) is 9.80 Å². The van der Waals surface area contributed by atoms with E-state index in [0.29, 0.717) is 36.8 Å². The quantitative estimate of drug-likeness (QED) is 0.499. The average Bonchev–Trinajstić information content (AvgIpc) is 3.62. The Morgan fingerprint density at radius 1 is 1.11 bits per heavy atom. The van der Waals surface area contributed by atoms with Gasteiger partial charge in [0.15, 0.2) is 11.5 Å². The van der Waals surface area contributed by atoms with Gasteiger partial charge in [-0.1, -0.05) is 43.3 Å². The van der Waals surface area contributed by atoms with Gasteiger partial charge in [0.25, 0.3) is 0 Å². The molecule has 0 unspecified atom stereocenters. The first-order chi connectivity index (χ1) is 17.5. The van der Waals surface area contributed by atoms with Gasteiger partial charge in [0, 0.05) is 32.5 Å². The molecule has 3 aliphatic heterocycles. The van der Waals surface area contributed by atoms with Crippen LogP contribution >= 0.6 is 0 Å². The lowest BCUT2D eigenvalue weighted by Crippen LogP contribution is -2.45. The fraction of sp³-hybridized carbons (Fsp3) is 0.464. The highest BCUT2D eigenvalue weighted by Gasteiger charge is 2.54. The largest absolute Gasteiger partial charge is 0.454 e. The van der Waals surface area contributed by atoms with Gasteiger partial charge >= 0.3 is 0 Å². The number of hydrogen-bond acceptors (Lipinski definition) is 6. The van der Waals surface area contributed by atoms with E-state index >= 15 is 0 Å². The zero-order valence-electron chi connectivity index (χ0n) is 20.6. The summed E-state index contributed by atoms with van der Waals surface area (Å²) in [7, 11) is 0. The minimum atomic E-state index is -1.23. The highest BCUT2D eigenvalue weighted by Crippen LogP contribution is 2.41. The maximum Gasteiger partial charge on any atom is 0.241 e. The Balaban J connectivity index is 1.41. The van der Waals surface area contributed by atoms with Crippen LogP contribution in [0.3, 0.4) is 0 Å². The van der Waals surface area contributed by atoms with Crippen LogP contribution in [-0.2, 0) is 31.1 Å². The summed E-state index contributed by atoms with van der Waals surface area (Å²) in [4.78, 5) is 44.0. The number of likely N-dealkylation sites (tertiary alicyclic amines) is 1. The molecule has 0 saturated carbocycles. The van der Waals surface area contributed by atoms with Gasteiger partial charge in [0.1, 0.15) is 0 Å². The van der Waals surface area contributed by atoms with Gasteiger partial charge in [0.05, 0.1) is 18.1 Å². The number of ether oxygens (including phenoxy) is 3. The van der Waals surface area contributed by atoms with Gasteiger partial charge < -0.3 is 19.1 Å². The van der Waals surface area contributed by atoms with Crippen LogP contribution in [0.25, 0.3) is 0 Å². The fourth-order valence-corrected chi connectivity index (χ4v) is 5.40. The van der Waals surface area contributed by atoms with Crippen LogP contribution in [0, 0.1) is 0 Å². The Hall–Kier alpha value is -3.39. The third-order valence-corrected chi connectivity index (χ3v) is 7.26. The Morgan fingerprint density at radius 3 is 2.67 bits per heavy atom. The van der Waals surface area contributed by atoms with Crippen LogP contribution in [0.1, 0.15) is 50.2 Å². The number of carbonyl (C=O) groups excluding carboxylic acids is 3. The van der Waals surface area contributed by atoms with Gasteiger partial charge in [-0.25, -0.2) is 0 Å². The highest BCUT2D eigenvalue weighted by atomic mass is 16.7. The maximum absolute atomic E-state index is 14.0. The van der Waals surface area contributed by atoms with Gasteiger partial charge in [-0.05, 0) is 42.5 Å². The normalized spacial score (nSPS) is 22.9. The predicted molar refractivity (Wildman–Crippen MR) is 131 cm³/mol. The summed E-state index contributed by atoms with van der Waals surface area (Å²) in [5.41, 5.74) is 0.231. The molecule has 0 aromatic heterocycles. The smallest absolute Gasteiger partial charge is 0.241 e. The summed E-state index contributed by atoms with van der Waals surface area (Å²) in [5, 5.41) is 0. The van der Waals surface area contributed by atoms with Crippen LogP contribution in [0.15, 0.2) is 48.5 Å². The number of rotatable bonds is 9. The molecular formula is C28H32N2O6. The van der Waals surface area contributed by atoms with E-state index in [0.717, 1.165) is 24.8 Å². The van der Waals surface area contributed by atoms with Gasteiger partial charge in [-0.15, -0.1) is 0 Å². The lowest BCUT2D eigenvalue weighted by molar-refractivity contribution is -0.143. The Morgan fingerprint density at radius 2 is 1.92 bits per heavy atom. The molecule has 0 spiro atoms. The first-order valence-electron chi connectivity index (χ1n) is 12.7. The molecule has 190 valence electrons. The molecule has 3 amide bonds. The van der Waals surface area contributed by atoms with Crippen LogP contribution in [0.5, 0.6) is 11.5 Å². The van der Waals surface area contributed by atoms with Gasteiger partial charge in [-0.3, -0.25) is 19.3 Å². The number of benzene rings is 2. The van der Waals surface area contributed by atoms with Gasteiger partial charge in [0.2, 0.25) is 24.5 Å². The zero-order chi connectivity index (χ0) is 25.1. The first-order valence-corrected chi connectivity index (χ1v) is 12.7. The molecule has 2 aromatic rings. The third-order valence-electron chi connectivity index (χ3n) is 7.26. The summed E-state index contributed by atoms with van der Waals surface area (Å²) in [5.74, 6) is 0.501. The van der Waals surface area contributed by atoms with E-state index in [1.807, 2.05) is 43.3 Å². The molecule has 0 aliphatic carbocycles. The lowest BCUT2D eigenvalue weighted by atomic mass is 9.75. The number of nitrogens with zero attached hydrogens (tertiary/aromatic N) is 2. The second-order valence-electron chi connectivity index (χ2n) is 9.75. The molecule has 0 N–H and O–H groups in total. The number of amides is 3. The Bertz CT molecular complexity index is 1130. The molecule has 2 fully saturated rings. The van der Waals surface area contributed by atoms with Crippen molar-refractivity contribution in [2.24, 2.45) is 0 Å². The molecular weight excluding hydrogens is 460 g/mol. The van der Waals surface area contributed by atoms with Crippen molar-refractivity contribution in [2.75, 3.05) is 26.5 Å². The molecule has 2 aromatic carbocycles. The predicted octanol–water partition coefficient (Wildman–Crippen LogP) is 3.42. The molecule has 36 heavy (non-hydrogen) atoms. The van der Waals surface area contributed by atoms with Gasteiger partial charge in [-0.2, -0.15) is 0 Å². The molecule has 3 aliphatic rings. The maximum atomic E-state index is 14.0. The molecule has 0 radical (unpaired) electrons. The zero-order valence-corrected chi connectivity index (χ0v) is 20.6. The Kier molecular flexibility index (Phi) is 6.96. The standard InChI is InChI=1S/C28H32N2O6/c1-2-12-29(18-22-9-6-13-34-22)25(31)15-28(21-7-4-3-5-8-21)16-26(32)30(27(28)33)17-20-10-11-23-24(14-20)36-19-35-23/h3-5,7-8,10-11,14,22H,2,6,9,12-13,15-19H2,1H3/t22-,28-/m0/s1. The topological polar surface area (TPSA) is 85.4 Å². The summed E-state index contributed by atoms with van der Waals surface area (Å²) >= 11 is 0. The number of carbonyl (C=O) groups is 3. The second-order valence-corrected chi connectivity index (χ2v) is 9.75. The summed E-state index contributed by atoms with van der Waals surface area (Å²) in [6.07, 6.45) is 2.67. The van der Waals surface area contributed by atoms with Crippen molar-refractivity contribution in [2.45, 2.75) is 57.1 Å². The second kappa shape index (κ2) is 10.3. The lowest BCUT2D eigenvalue weighted by Gasteiger charge is -2.31. The minimum absolute atomic E-state index is 0.0246. The monoisotopic (exact) mass is 492 g/mol. The van der Waals surface area contributed by atoms with Crippen molar-refractivity contribution in [3.8, 4) is 11.5 Å². The van der Waals surface area contributed by atoms with E-state index in [4.69, 9.17) is 14.2 Å². The van der Waals surface area contributed by atoms with E-state index in [1.54, 1.807) is 17.0 Å². The van der Waals surface area contributed by atoms with E-state index in [2.05, 4.69) is 0 Å². The minimum Gasteiger partial charge on any atom is -0.454 e. The summed E-state index contributed by atoms with van der Waals surface area (Å²) < 4.78 is 16.6. The van der Waals surface area contributed by atoms with E-state index < -0.39 is 5.41 Å². The molecule has 2 saturated heterocycles. The Labute approximate surface area is 211 Å². The molecule has 8 nitrogen and oxygen atoms in total. The fourth-order valence-electron chi connectivity index (χ4n) is 5.40. The first kappa shape index (κ1) is 24.3. The van der Waals surface area contributed by atoms with E-state index in [9.17, 15) is 14.4 Å². The summed E-state index contributed by atoms with van der Waals surface area (Å²) in [6, 6.07) is 14.6. The molecule has 3 heterocycles. The number of hydrogen-bond donors (Lipinski definition) is 0. The van der Waals surface area contributed by atoms with E-state index in [-0.39, 0.29) is 50.0 Å². The highest BCUT2D eigenvalue weighted by molar-refractivity contribution is 6.10.